The van der Waals surface area contributed by atoms with Crippen LogP contribution >= 0.6 is 0 Å². The summed E-state index contributed by atoms with van der Waals surface area (Å²) in [6.07, 6.45) is -3.05. The molecule has 0 amide bonds. The van der Waals surface area contributed by atoms with Crippen LogP contribution in [0.15, 0.2) is 10.9 Å². The van der Waals surface area contributed by atoms with Gasteiger partial charge in [0.15, 0.2) is 0 Å². The Balaban J connectivity index is 3.46. The number of alkyl halides is 2. The third kappa shape index (κ3) is 2.09. The van der Waals surface area contributed by atoms with Crippen molar-refractivity contribution >= 4 is 5.82 Å². The van der Waals surface area contributed by atoms with Gasteiger partial charge < -0.3 is 14.9 Å². The molecule has 0 aliphatic heterocycles. The monoisotopic (exact) mass is 220 g/mol. The van der Waals surface area contributed by atoms with E-state index in [2.05, 4.69) is 4.74 Å². The highest BCUT2D eigenvalue weighted by molar-refractivity contribution is 5.35. The van der Waals surface area contributed by atoms with Crippen LogP contribution in [0.5, 0.6) is 5.75 Å². The maximum absolute atomic E-state index is 12.4. The fourth-order valence-corrected chi connectivity index (χ4v) is 1.02. The molecule has 82 valence electrons. The molecule has 1 N–H and O–H groups in total. The van der Waals surface area contributed by atoms with E-state index in [1.165, 1.54) is 0 Å². The lowest BCUT2D eigenvalue weighted by Gasteiger charge is -2.04. The molecule has 0 unspecified atom stereocenters. The van der Waals surface area contributed by atoms with Crippen molar-refractivity contribution in [2.24, 2.45) is 0 Å². The van der Waals surface area contributed by atoms with Crippen molar-refractivity contribution in [3.63, 3.8) is 0 Å². The molecule has 1 heterocycles. The number of hydrogen-bond acceptors (Lipinski definition) is 4. The lowest BCUT2D eigenvalue weighted by atomic mass is 10.3. The van der Waals surface area contributed by atoms with Gasteiger partial charge in [-0.3, -0.25) is 4.79 Å². The van der Waals surface area contributed by atoms with Crippen LogP contribution in [0.1, 0.15) is 12.1 Å². The summed E-state index contributed by atoms with van der Waals surface area (Å²) in [5, 5.41) is 10.3. The summed E-state index contributed by atoms with van der Waals surface area (Å²) in [4.78, 5) is 22.3. The summed E-state index contributed by atoms with van der Waals surface area (Å²) < 4.78 is 29.2. The van der Waals surface area contributed by atoms with E-state index in [0.29, 0.717) is 6.07 Å². The molecule has 1 rings (SSSR count). The minimum atomic E-state index is -3.05. The van der Waals surface area contributed by atoms with Crippen molar-refractivity contribution in [3.8, 4) is 5.75 Å². The molecule has 0 radical (unpaired) electrons. The lowest BCUT2D eigenvalue weighted by Crippen LogP contribution is -2.12. The van der Waals surface area contributed by atoms with Crippen LogP contribution in [0.25, 0.3) is 0 Å². The Labute approximate surface area is 81.6 Å². The summed E-state index contributed by atoms with van der Waals surface area (Å²) in [6, 6.07) is 0.588. The zero-order chi connectivity index (χ0) is 11.6. The van der Waals surface area contributed by atoms with E-state index < -0.39 is 34.0 Å². The number of nitro groups is 1. The van der Waals surface area contributed by atoms with Crippen molar-refractivity contribution in [3.05, 3.63) is 32.1 Å². The summed E-state index contributed by atoms with van der Waals surface area (Å²) in [6.45, 7) is 0. The van der Waals surface area contributed by atoms with Crippen molar-refractivity contribution in [1.29, 1.82) is 0 Å². The van der Waals surface area contributed by atoms with E-state index in [9.17, 15) is 23.7 Å². The van der Waals surface area contributed by atoms with Gasteiger partial charge in [-0.1, -0.05) is 0 Å². The number of nitrogens with one attached hydrogen (secondary N) is 1. The first-order valence-corrected chi connectivity index (χ1v) is 3.71. The second-order valence-electron chi connectivity index (χ2n) is 2.52. The SMILES string of the molecule is COc1c(C(F)F)[nH]c([N+](=O)[O-])cc1=O. The molecule has 0 aliphatic carbocycles. The van der Waals surface area contributed by atoms with E-state index in [1.807, 2.05) is 4.98 Å². The molecule has 0 saturated carbocycles. The minimum Gasteiger partial charge on any atom is -0.489 e. The van der Waals surface area contributed by atoms with Gasteiger partial charge >= 0.3 is 12.2 Å². The van der Waals surface area contributed by atoms with Crippen molar-refractivity contribution < 1.29 is 18.4 Å². The van der Waals surface area contributed by atoms with E-state index in [4.69, 9.17) is 0 Å². The van der Waals surface area contributed by atoms with Gasteiger partial charge in [0.05, 0.1) is 13.2 Å². The number of methoxy groups -OCH3 is 1. The van der Waals surface area contributed by atoms with Crippen molar-refractivity contribution in [2.75, 3.05) is 7.11 Å². The first kappa shape index (κ1) is 11.1. The molecule has 0 saturated heterocycles. The third-order valence-corrected chi connectivity index (χ3v) is 1.62. The molecule has 0 fully saturated rings. The molecule has 0 aromatic carbocycles. The van der Waals surface area contributed by atoms with E-state index in [-0.39, 0.29) is 0 Å². The van der Waals surface area contributed by atoms with Gasteiger partial charge in [-0.15, -0.1) is 0 Å². The standard InChI is InChI=1S/C7H6F2N2O4/c1-15-6-3(12)2-4(11(13)14)10-5(6)7(8)9/h2,7H,1H3,(H,10,12). The number of halogens is 2. The highest BCUT2D eigenvalue weighted by atomic mass is 19.3. The molecule has 0 atom stereocenters. The van der Waals surface area contributed by atoms with E-state index >= 15 is 0 Å². The third-order valence-electron chi connectivity index (χ3n) is 1.62. The zero-order valence-corrected chi connectivity index (χ0v) is 7.49. The Morgan fingerprint density at radius 2 is 2.20 bits per heavy atom. The lowest BCUT2D eigenvalue weighted by molar-refractivity contribution is -0.389. The maximum Gasteiger partial charge on any atom is 0.325 e. The molecule has 1 aromatic rings. The first-order valence-electron chi connectivity index (χ1n) is 3.71. The Bertz CT molecular complexity index is 443. The Hall–Kier alpha value is -1.99. The number of pyridine rings is 1. The number of H-pyrrole nitrogens is 1. The average Bonchev–Trinajstić information content (AvgIpc) is 2.16. The topological polar surface area (TPSA) is 85.2 Å². The molecule has 1 aromatic heterocycles. The average molecular weight is 220 g/mol. The van der Waals surface area contributed by atoms with Gasteiger partial charge in [0, 0.05) is 0 Å². The predicted molar refractivity (Wildman–Crippen MR) is 45.2 cm³/mol. The Kier molecular flexibility index (Phi) is 2.98. The molecule has 0 bridgehead atoms. The van der Waals surface area contributed by atoms with Crippen LogP contribution in [-0.4, -0.2) is 17.0 Å². The quantitative estimate of drug-likeness (QED) is 0.613. The van der Waals surface area contributed by atoms with Crippen LogP contribution in [0.3, 0.4) is 0 Å². The van der Waals surface area contributed by atoms with Crippen LogP contribution in [0.2, 0.25) is 0 Å². The summed E-state index contributed by atoms with van der Waals surface area (Å²) in [7, 11) is 1.03. The summed E-state index contributed by atoms with van der Waals surface area (Å²) in [5.74, 6) is -1.41. The van der Waals surface area contributed by atoms with Crippen LogP contribution in [-0.2, 0) is 0 Å². The normalized spacial score (nSPS) is 10.4. The second-order valence-corrected chi connectivity index (χ2v) is 2.52. The smallest absolute Gasteiger partial charge is 0.325 e. The van der Waals surface area contributed by atoms with Crippen LogP contribution in [0.4, 0.5) is 14.6 Å². The Morgan fingerprint density at radius 1 is 1.60 bits per heavy atom. The predicted octanol–water partition coefficient (Wildman–Crippen LogP) is 1.23. The molecule has 15 heavy (non-hydrogen) atoms. The molecule has 6 nitrogen and oxygen atoms in total. The molecular formula is C7H6F2N2O4. The number of ether oxygens (including phenoxy) is 1. The van der Waals surface area contributed by atoms with Gasteiger partial charge in [0.2, 0.25) is 16.9 Å². The number of aromatic nitrogens is 1. The van der Waals surface area contributed by atoms with Gasteiger partial charge in [-0.05, 0) is 4.92 Å². The van der Waals surface area contributed by atoms with Crippen LogP contribution < -0.4 is 10.2 Å². The van der Waals surface area contributed by atoms with Gasteiger partial charge in [-0.25, -0.2) is 13.8 Å². The largest absolute Gasteiger partial charge is 0.489 e. The molecule has 8 heteroatoms. The fraction of sp³-hybridized carbons (Fsp3) is 0.286. The second kappa shape index (κ2) is 4.03. The molecular weight excluding hydrogens is 214 g/mol. The fourth-order valence-electron chi connectivity index (χ4n) is 1.02. The van der Waals surface area contributed by atoms with E-state index in [0.717, 1.165) is 7.11 Å². The zero-order valence-electron chi connectivity index (χ0n) is 7.49. The summed E-state index contributed by atoms with van der Waals surface area (Å²) >= 11 is 0. The number of nitrogens with zero attached hydrogens (tertiary/aromatic N) is 1. The van der Waals surface area contributed by atoms with Gasteiger partial charge in [-0.2, -0.15) is 0 Å². The minimum absolute atomic E-state index is 0.588. The van der Waals surface area contributed by atoms with Crippen LogP contribution in [0, 0.1) is 10.1 Å². The van der Waals surface area contributed by atoms with Gasteiger partial charge in [0.1, 0.15) is 0 Å². The Morgan fingerprint density at radius 3 is 2.60 bits per heavy atom. The van der Waals surface area contributed by atoms with Gasteiger partial charge in [0.25, 0.3) is 0 Å². The van der Waals surface area contributed by atoms with Crippen molar-refractivity contribution in [2.45, 2.75) is 6.43 Å². The highest BCUT2D eigenvalue weighted by Gasteiger charge is 2.24. The number of rotatable bonds is 3. The molecule has 0 spiro atoms. The highest BCUT2D eigenvalue weighted by Crippen LogP contribution is 2.25. The summed E-state index contributed by atoms with van der Waals surface area (Å²) in [5.41, 5.74) is -1.85. The van der Waals surface area contributed by atoms with E-state index in [1.54, 1.807) is 0 Å². The molecule has 0 aliphatic rings. The number of hydrogen-bond donors (Lipinski definition) is 1. The van der Waals surface area contributed by atoms with Crippen molar-refractivity contribution in [1.82, 2.24) is 4.98 Å². The first-order chi connectivity index (χ1) is 6.97. The number of aromatic amines is 1. The maximum atomic E-state index is 12.4.